The van der Waals surface area contributed by atoms with Crippen molar-refractivity contribution in [3.63, 3.8) is 0 Å². The lowest BCUT2D eigenvalue weighted by Crippen LogP contribution is -2.21. The first-order valence-corrected chi connectivity index (χ1v) is 6.57. The number of nitrogens with two attached hydrogens (primary N) is 1. The van der Waals surface area contributed by atoms with Gasteiger partial charge in [-0.2, -0.15) is 0 Å². The lowest BCUT2D eigenvalue weighted by molar-refractivity contribution is 0.0827. The highest BCUT2D eigenvalue weighted by atomic mass is 19.1. The molecular formula is C16H18FN3O. The van der Waals surface area contributed by atoms with E-state index < -0.39 is 0 Å². The Bertz CT molecular complexity index is 638. The second-order valence-corrected chi connectivity index (χ2v) is 4.98. The zero-order chi connectivity index (χ0) is 15.4. The van der Waals surface area contributed by atoms with E-state index in [4.69, 9.17) is 5.73 Å². The van der Waals surface area contributed by atoms with E-state index in [2.05, 4.69) is 5.32 Å². The molecule has 0 heterocycles. The number of rotatable bonds is 4. The van der Waals surface area contributed by atoms with E-state index in [1.807, 2.05) is 0 Å². The van der Waals surface area contributed by atoms with Crippen LogP contribution in [0.3, 0.4) is 0 Å². The zero-order valence-corrected chi connectivity index (χ0v) is 12.1. The number of amides is 1. The molecule has 0 aliphatic carbocycles. The molecule has 0 aliphatic heterocycles. The molecule has 0 aromatic heterocycles. The smallest absolute Gasteiger partial charge is 0.253 e. The van der Waals surface area contributed by atoms with Crippen LogP contribution in [0.1, 0.15) is 15.9 Å². The predicted molar refractivity (Wildman–Crippen MR) is 82.6 cm³/mol. The molecule has 3 N–H and O–H groups in total. The minimum absolute atomic E-state index is 0.0909. The highest BCUT2D eigenvalue weighted by Crippen LogP contribution is 2.21. The summed E-state index contributed by atoms with van der Waals surface area (Å²) >= 11 is 0. The third kappa shape index (κ3) is 3.72. The quantitative estimate of drug-likeness (QED) is 0.850. The first kappa shape index (κ1) is 14.8. The number of carbonyl (C=O) groups is 1. The van der Waals surface area contributed by atoms with Gasteiger partial charge in [-0.05, 0) is 35.9 Å². The zero-order valence-electron chi connectivity index (χ0n) is 12.1. The second kappa shape index (κ2) is 6.26. The van der Waals surface area contributed by atoms with Crippen LogP contribution < -0.4 is 11.1 Å². The van der Waals surface area contributed by atoms with Crippen LogP contribution in [0.2, 0.25) is 0 Å². The Balaban J connectivity index is 2.07. The minimum atomic E-state index is -0.259. The highest BCUT2D eigenvalue weighted by Gasteiger charge is 2.09. The van der Waals surface area contributed by atoms with Crippen LogP contribution in [0.5, 0.6) is 0 Å². The first-order valence-electron chi connectivity index (χ1n) is 6.57. The Kier molecular flexibility index (Phi) is 4.42. The minimum Gasteiger partial charge on any atom is -0.397 e. The number of benzene rings is 2. The van der Waals surface area contributed by atoms with Gasteiger partial charge in [0.2, 0.25) is 0 Å². The van der Waals surface area contributed by atoms with Gasteiger partial charge in [0.05, 0.1) is 11.4 Å². The van der Waals surface area contributed by atoms with Crippen LogP contribution in [-0.4, -0.2) is 24.9 Å². The van der Waals surface area contributed by atoms with E-state index in [1.165, 1.54) is 17.0 Å². The number of hydrogen-bond acceptors (Lipinski definition) is 3. The molecule has 5 heteroatoms. The van der Waals surface area contributed by atoms with Crippen LogP contribution in [0.4, 0.5) is 15.8 Å². The van der Waals surface area contributed by atoms with E-state index in [9.17, 15) is 9.18 Å². The van der Waals surface area contributed by atoms with Crippen LogP contribution >= 0.6 is 0 Å². The summed E-state index contributed by atoms with van der Waals surface area (Å²) in [6.07, 6.45) is 0. The Hall–Kier alpha value is -2.56. The summed E-state index contributed by atoms with van der Waals surface area (Å²) in [5.74, 6) is -0.350. The van der Waals surface area contributed by atoms with Gasteiger partial charge >= 0.3 is 0 Å². The number of anilines is 2. The summed E-state index contributed by atoms with van der Waals surface area (Å²) in [6, 6.07) is 11.4. The van der Waals surface area contributed by atoms with Gasteiger partial charge in [0.1, 0.15) is 5.82 Å². The molecule has 4 nitrogen and oxygen atoms in total. The lowest BCUT2D eigenvalue weighted by atomic mass is 10.1. The summed E-state index contributed by atoms with van der Waals surface area (Å²) in [5.41, 5.74) is 8.70. The molecule has 0 unspecified atom stereocenters. The third-order valence-electron chi connectivity index (χ3n) is 3.10. The van der Waals surface area contributed by atoms with Crippen molar-refractivity contribution in [1.82, 2.24) is 4.90 Å². The van der Waals surface area contributed by atoms with Gasteiger partial charge in [0.15, 0.2) is 0 Å². The fourth-order valence-electron chi connectivity index (χ4n) is 1.91. The molecule has 2 rings (SSSR count). The summed E-state index contributed by atoms with van der Waals surface area (Å²) in [4.78, 5) is 13.3. The molecule has 21 heavy (non-hydrogen) atoms. The predicted octanol–water partition coefficient (Wildman–Crippen LogP) is 2.72. The number of hydrogen-bond donors (Lipinski definition) is 2. The van der Waals surface area contributed by atoms with Crippen molar-refractivity contribution in [1.29, 1.82) is 0 Å². The molecule has 0 atom stereocenters. The van der Waals surface area contributed by atoms with Crippen molar-refractivity contribution < 1.29 is 9.18 Å². The molecule has 0 aliphatic rings. The van der Waals surface area contributed by atoms with Crippen molar-refractivity contribution in [3.8, 4) is 0 Å². The summed E-state index contributed by atoms with van der Waals surface area (Å²) in [7, 11) is 3.39. The van der Waals surface area contributed by atoms with Crippen LogP contribution in [-0.2, 0) is 6.54 Å². The maximum atomic E-state index is 12.8. The normalized spacial score (nSPS) is 10.2. The highest BCUT2D eigenvalue weighted by molar-refractivity contribution is 5.95. The van der Waals surface area contributed by atoms with Gasteiger partial charge in [-0.25, -0.2) is 4.39 Å². The number of nitrogen functional groups attached to an aromatic ring is 1. The molecule has 0 saturated carbocycles. The topological polar surface area (TPSA) is 58.4 Å². The SMILES string of the molecule is CN(C)C(=O)c1ccc(NCc2ccc(F)cc2)c(N)c1. The summed E-state index contributed by atoms with van der Waals surface area (Å²) in [5, 5.41) is 3.17. The van der Waals surface area contributed by atoms with Gasteiger partial charge in [0, 0.05) is 26.2 Å². The van der Waals surface area contributed by atoms with Gasteiger partial charge < -0.3 is 16.0 Å². The van der Waals surface area contributed by atoms with E-state index in [-0.39, 0.29) is 11.7 Å². The van der Waals surface area contributed by atoms with Crippen molar-refractivity contribution in [2.75, 3.05) is 25.1 Å². The largest absolute Gasteiger partial charge is 0.397 e. The molecule has 2 aromatic carbocycles. The van der Waals surface area contributed by atoms with Crippen LogP contribution in [0, 0.1) is 5.82 Å². The van der Waals surface area contributed by atoms with Crippen LogP contribution in [0.15, 0.2) is 42.5 Å². The standard InChI is InChI=1S/C16H18FN3O/c1-20(2)16(21)12-5-8-15(14(18)9-12)19-10-11-3-6-13(17)7-4-11/h3-9,19H,10,18H2,1-2H3. The second-order valence-electron chi connectivity index (χ2n) is 4.98. The van der Waals surface area contributed by atoms with Crippen molar-refractivity contribution in [3.05, 3.63) is 59.4 Å². The van der Waals surface area contributed by atoms with Gasteiger partial charge in [-0.1, -0.05) is 12.1 Å². The number of carbonyl (C=O) groups excluding carboxylic acids is 1. The maximum Gasteiger partial charge on any atom is 0.253 e. The number of nitrogens with one attached hydrogen (secondary N) is 1. The van der Waals surface area contributed by atoms with Crippen LogP contribution in [0.25, 0.3) is 0 Å². The first-order chi connectivity index (χ1) is 9.97. The molecule has 0 saturated heterocycles. The van der Waals surface area contributed by atoms with Crippen molar-refractivity contribution in [2.45, 2.75) is 6.54 Å². The molecule has 2 aromatic rings. The molecule has 0 radical (unpaired) electrons. The van der Waals surface area contributed by atoms with E-state index in [0.717, 1.165) is 11.3 Å². The number of halogens is 1. The Morgan fingerprint density at radius 1 is 1.19 bits per heavy atom. The molecular weight excluding hydrogens is 269 g/mol. The summed E-state index contributed by atoms with van der Waals surface area (Å²) in [6.45, 7) is 0.533. The average Bonchev–Trinajstić information content (AvgIpc) is 2.46. The molecule has 0 spiro atoms. The fourth-order valence-corrected chi connectivity index (χ4v) is 1.91. The fraction of sp³-hybridized carbons (Fsp3) is 0.188. The number of nitrogens with zero attached hydrogens (tertiary/aromatic N) is 1. The monoisotopic (exact) mass is 287 g/mol. The summed E-state index contributed by atoms with van der Waals surface area (Å²) < 4.78 is 12.8. The van der Waals surface area contributed by atoms with E-state index in [1.54, 1.807) is 44.4 Å². The third-order valence-corrected chi connectivity index (χ3v) is 3.10. The van der Waals surface area contributed by atoms with Crippen molar-refractivity contribution in [2.24, 2.45) is 0 Å². The van der Waals surface area contributed by atoms with Crippen molar-refractivity contribution >= 4 is 17.3 Å². The van der Waals surface area contributed by atoms with Gasteiger partial charge in [0.25, 0.3) is 5.91 Å². The average molecular weight is 287 g/mol. The molecule has 110 valence electrons. The maximum absolute atomic E-state index is 12.8. The Morgan fingerprint density at radius 3 is 2.43 bits per heavy atom. The lowest BCUT2D eigenvalue weighted by Gasteiger charge is -2.13. The van der Waals surface area contributed by atoms with Gasteiger partial charge in [-0.3, -0.25) is 4.79 Å². The molecule has 0 fully saturated rings. The Labute approximate surface area is 123 Å². The molecule has 0 bridgehead atoms. The molecule has 1 amide bonds. The van der Waals surface area contributed by atoms with E-state index >= 15 is 0 Å². The van der Waals surface area contributed by atoms with E-state index in [0.29, 0.717) is 17.8 Å². The van der Waals surface area contributed by atoms with Gasteiger partial charge in [-0.15, -0.1) is 0 Å². The Morgan fingerprint density at radius 2 is 1.86 bits per heavy atom.